The molecular weight excluding hydrogens is 1840 g/mol. The molecule has 145 heavy (non-hydrogen) atoms. The maximum atomic E-state index is 13.3. The van der Waals surface area contributed by atoms with Crippen molar-refractivity contribution in [2.75, 3.05) is 0 Å². The summed E-state index contributed by atoms with van der Waals surface area (Å²) in [6.45, 7) is 12.9. The average Bonchev–Trinajstić information content (AvgIpc) is 0.721. The van der Waals surface area contributed by atoms with Crippen LogP contribution in [-0.4, -0.2) is 177 Å². The van der Waals surface area contributed by atoms with E-state index >= 15 is 0 Å². The fourth-order valence-electron chi connectivity index (χ4n) is 24.5. The third-order valence-electron chi connectivity index (χ3n) is 32.3. The highest BCUT2D eigenvalue weighted by Crippen LogP contribution is 2.53. The maximum Gasteiger partial charge on any atom is 0.308 e. The number of aliphatic hydroxyl groups excluding tert-OH is 5. The average molecular weight is 2050 g/mol. The molecule has 25 nitrogen and oxygen atoms in total. The standard InChI is InChI=1S/5C24H36O5/c5*1-5-15(3)24(27)29-21-11-14(2)10-17-7-6-16(4)20(23(17)21)9-8-19-12-18(25)13-22(26)28-19/h5*6-7,10,14-16,18-21,23,25H,5,8-9,11-13H2,1-4H3/t5*14-,15-,16-,18+,19?,20-,21-,23-/m00000/s1/i1D3,3D3,5D2,15D;1D3,5D2,15D;3D3,15D;3D3,13D2;13D2. The summed E-state index contributed by atoms with van der Waals surface area (Å²) >= 11 is 0. The minimum atomic E-state index is -3.72. The smallest absolute Gasteiger partial charge is 0.308 e. The van der Waals surface area contributed by atoms with Crippen LogP contribution in [0.15, 0.2) is 119 Å². The molecule has 5 N–H and O–H groups in total. The van der Waals surface area contributed by atoms with Crippen molar-refractivity contribution in [1.82, 2.24) is 0 Å². The summed E-state index contributed by atoms with van der Waals surface area (Å²) in [6.07, 6.45) is 20.6. The monoisotopic (exact) mass is 2050 g/mol. The van der Waals surface area contributed by atoms with Gasteiger partial charge in [-0.2, -0.15) is 0 Å². The number of esters is 10. The lowest BCUT2D eigenvalue weighted by atomic mass is 9.65. The Morgan fingerprint density at radius 2 is 0.572 bits per heavy atom. The fraction of sp³-hybridized carbons (Fsp3) is 0.750. The largest absolute Gasteiger partial charge is 0.462 e. The summed E-state index contributed by atoms with van der Waals surface area (Å²) in [5.41, 5.74) is 5.19. The van der Waals surface area contributed by atoms with Gasteiger partial charge in [-0.05, 0) is 245 Å². The van der Waals surface area contributed by atoms with Crippen LogP contribution in [0.2, 0.25) is 0 Å². The first-order chi connectivity index (χ1) is 79.0. The van der Waals surface area contributed by atoms with E-state index in [2.05, 4.69) is 101 Å². The summed E-state index contributed by atoms with van der Waals surface area (Å²) in [6, 6.07) is 0. The Morgan fingerprint density at radius 3 is 0.814 bits per heavy atom. The van der Waals surface area contributed by atoms with Gasteiger partial charge in [-0.15, -0.1) is 0 Å². The van der Waals surface area contributed by atoms with Crippen molar-refractivity contribution < 1.29 is 156 Å². The molecule has 5 unspecified atom stereocenters. The Hall–Kier alpha value is -8.10. The molecule has 0 bridgehead atoms. The van der Waals surface area contributed by atoms with Crippen LogP contribution in [-0.2, 0) is 95.3 Å². The highest BCUT2D eigenvalue weighted by atomic mass is 16.6. The number of ether oxygens (including phenoxy) is 10. The first-order valence-corrected chi connectivity index (χ1v) is 53.4. The van der Waals surface area contributed by atoms with Crippen molar-refractivity contribution in [2.24, 2.45) is 148 Å². The van der Waals surface area contributed by atoms with Gasteiger partial charge in [0.15, 0.2) is 0 Å². The quantitative estimate of drug-likeness (QED) is 0.0329. The number of carbonyl (C=O) groups excluding carboxylic acids is 10. The summed E-state index contributed by atoms with van der Waals surface area (Å²) < 4.78 is 258. The number of rotatable bonds is 30. The van der Waals surface area contributed by atoms with Crippen molar-refractivity contribution in [3.63, 3.8) is 0 Å². The van der Waals surface area contributed by atoms with E-state index in [1.54, 1.807) is 6.92 Å². The number of fused-ring (bicyclic) bond motifs is 5. The molecule has 5 heterocycles. The van der Waals surface area contributed by atoms with E-state index in [0.717, 1.165) is 48.5 Å². The molecule has 0 radical (unpaired) electrons. The molecule has 0 aromatic carbocycles. The molecule has 5 fully saturated rings. The SMILES string of the molecule is [2H]C([2H])([2H])C([2H])([2H])[C@@]([2H])(C(=O)O[C@H]1C[C@@H](C)C=C2C=C[C@H](C)[C@H](CCC3C[C@@H](O)CC(=O)O3)[C@H]21)C([2H])([2H])[2H].[2H]C([2H])([2H])C([2H])([2H])[C@]([2H])(C)C(=O)O[C@H]1C[C@@H](C)C=C2C=C[C@H](C)[C@H](CCC3C[C@@H](O)CC(=O)O3)[C@H]21.[2H]C([2H])([2H])[C@@H](CC)C(=O)O[C@H]1C[C@@H](C)C=C2C=C[C@H](C)[C@H](CCC3C[C@@H](O)C([2H])([2H])C(=O)O3)[C@H]21.[2H]C([2H])([2H])[C@@]([2H])(CC)C(=O)O[C@H]1C[C@@H](C)C=C2C=C[C@H](C)[C@H](CCC3C[C@@H](O)CC(=O)O3)[C@H]21.[2H]C1([2H])C(=O)OC(CC[C@@H]2[C@@H]3C(=C[C@H](C)C[C@@H]3OC(=O)[C@@H](C)CC)C=C[C@@H]2C)C[C@H]1O. The van der Waals surface area contributed by atoms with E-state index in [1.807, 2.05) is 72.8 Å². The second kappa shape index (κ2) is 55.1. The van der Waals surface area contributed by atoms with Crippen molar-refractivity contribution >= 4 is 59.7 Å². The van der Waals surface area contributed by atoms with E-state index in [4.69, 9.17) is 83.0 Å². The number of aliphatic hydroxyl groups is 5. The zero-order valence-electron chi connectivity index (χ0n) is 113. The lowest BCUT2D eigenvalue weighted by Gasteiger charge is -2.43. The van der Waals surface area contributed by atoms with Crippen LogP contribution in [0.3, 0.4) is 0 Å². The zero-order valence-corrected chi connectivity index (χ0v) is 87.3. The molecule has 0 aromatic rings. The zero-order chi connectivity index (χ0) is 128. The number of cyclic esters (lactones) is 5. The highest BCUT2D eigenvalue weighted by Gasteiger charge is 2.50. The van der Waals surface area contributed by atoms with Gasteiger partial charge in [-0.1, -0.05) is 229 Å². The van der Waals surface area contributed by atoms with E-state index in [9.17, 15) is 73.5 Å². The fourth-order valence-corrected chi connectivity index (χ4v) is 24.5. The van der Waals surface area contributed by atoms with Gasteiger partial charge in [0.2, 0.25) is 0 Å². The molecule has 15 aliphatic rings. The van der Waals surface area contributed by atoms with Gasteiger partial charge in [0.1, 0.15) is 61.0 Å². The topological polar surface area (TPSA) is 364 Å². The van der Waals surface area contributed by atoms with Gasteiger partial charge >= 0.3 is 59.7 Å². The van der Waals surface area contributed by atoms with Crippen molar-refractivity contribution in [1.29, 1.82) is 0 Å². The normalized spacial score (nSPS) is 42.5. The second-order valence-corrected chi connectivity index (χ2v) is 43.9. The van der Waals surface area contributed by atoms with Crippen LogP contribution in [0.4, 0.5) is 0 Å². The van der Waals surface area contributed by atoms with E-state index < -0.39 is 210 Å². The Bertz CT molecular complexity index is 5840. The lowest BCUT2D eigenvalue weighted by Crippen LogP contribution is -2.42. The highest BCUT2D eigenvalue weighted by molar-refractivity contribution is 5.76. The van der Waals surface area contributed by atoms with Crippen molar-refractivity contribution in [3.8, 4) is 0 Å². The van der Waals surface area contributed by atoms with Gasteiger partial charge in [-0.25, -0.2) is 0 Å². The molecule has 15 rings (SSSR count). The Morgan fingerprint density at radius 1 is 0.331 bits per heavy atom. The van der Waals surface area contributed by atoms with Crippen LogP contribution in [0.1, 0.15) is 366 Å². The number of carbonyl (C=O) groups is 10. The van der Waals surface area contributed by atoms with Crippen LogP contribution in [0, 0.1) is 148 Å². The first kappa shape index (κ1) is 84.6. The van der Waals surface area contributed by atoms with Gasteiger partial charge in [0.05, 0.1) is 92.0 Å². The molecular formula is C120H180O25. The molecule has 810 valence electrons. The minimum absolute atomic E-state index is 0.000122. The van der Waals surface area contributed by atoms with E-state index in [-0.39, 0.29) is 194 Å². The summed E-state index contributed by atoms with van der Waals surface area (Å²) in [5.74, 6) is -17.1. The third-order valence-corrected chi connectivity index (χ3v) is 32.3. The Kier molecular flexibility index (Phi) is 32.1. The van der Waals surface area contributed by atoms with Gasteiger partial charge in [0.25, 0.3) is 0 Å². The molecule has 0 amide bonds. The number of allylic oxidation sites excluding steroid dienone is 15. The molecule has 40 atom stereocenters. The Balaban J connectivity index is 0.000000200. The van der Waals surface area contributed by atoms with Crippen molar-refractivity contribution in [2.45, 2.75) is 422 Å². The third kappa shape index (κ3) is 33.0. The molecule has 0 aromatic heterocycles. The molecule has 5 saturated heterocycles. The van der Waals surface area contributed by atoms with Crippen LogP contribution < -0.4 is 0 Å². The van der Waals surface area contributed by atoms with Crippen molar-refractivity contribution in [3.05, 3.63) is 119 Å². The maximum absolute atomic E-state index is 13.3. The predicted molar refractivity (Wildman–Crippen MR) is 554 cm³/mol. The minimum Gasteiger partial charge on any atom is -0.462 e. The van der Waals surface area contributed by atoms with Gasteiger partial charge < -0.3 is 72.9 Å². The van der Waals surface area contributed by atoms with Crippen LogP contribution in [0.5, 0.6) is 0 Å². The molecule has 25 heteroatoms. The predicted octanol–water partition coefficient (Wildman–Crippen LogP) is 21.0. The summed E-state index contributed by atoms with van der Waals surface area (Å²) in [5, 5.41) is 49.9. The van der Waals surface area contributed by atoms with Crippen LogP contribution >= 0.6 is 0 Å². The van der Waals surface area contributed by atoms with Gasteiger partial charge in [-0.3, -0.25) is 47.9 Å². The first-order valence-electron chi connectivity index (χ1n) is 66.4. The van der Waals surface area contributed by atoms with Crippen LogP contribution in [0.25, 0.3) is 0 Å². The Labute approximate surface area is 901 Å². The number of hydrogen-bond acceptors (Lipinski definition) is 25. The molecule has 10 aliphatic carbocycles. The lowest BCUT2D eigenvalue weighted by molar-refractivity contribution is -0.162. The number of hydrogen-bond donors (Lipinski definition) is 5. The van der Waals surface area contributed by atoms with E-state index in [1.165, 1.54) is 12.5 Å². The van der Waals surface area contributed by atoms with E-state index in [0.29, 0.717) is 102 Å². The van der Waals surface area contributed by atoms with Gasteiger partial charge in [0, 0.05) is 97.3 Å². The second-order valence-electron chi connectivity index (χ2n) is 43.9. The molecule has 5 aliphatic heterocycles. The summed E-state index contributed by atoms with van der Waals surface area (Å²) in [4.78, 5) is 124. The molecule has 0 saturated carbocycles. The molecule has 0 spiro atoms. The summed E-state index contributed by atoms with van der Waals surface area (Å²) in [7, 11) is 0.